The molecule has 0 radical (unpaired) electrons. The highest BCUT2D eigenvalue weighted by Gasteiger charge is 2.19. The van der Waals surface area contributed by atoms with Crippen LogP contribution < -0.4 is 5.56 Å². The van der Waals surface area contributed by atoms with Crippen molar-refractivity contribution in [2.45, 2.75) is 42.9 Å². The van der Waals surface area contributed by atoms with Crippen LogP contribution in [0.15, 0.2) is 44.7 Å². The molecule has 9 heteroatoms. The largest absolute Gasteiger partial charge is 0.380 e. The molecule has 1 aliphatic heterocycles. The summed E-state index contributed by atoms with van der Waals surface area (Å²) < 4.78 is 12.1. The Morgan fingerprint density at radius 1 is 1.28 bits per heavy atom. The highest BCUT2D eigenvalue weighted by atomic mass is 35.5. The van der Waals surface area contributed by atoms with Gasteiger partial charge in [-0.15, -0.1) is 11.8 Å². The van der Waals surface area contributed by atoms with Gasteiger partial charge in [0.1, 0.15) is 6.54 Å². The van der Waals surface area contributed by atoms with Gasteiger partial charge in [-0.25, -0.2) is 4.68 Å². The van der Waals surface area contributed by atoms with Crippen molar-refractivity contribution >= 4 is 23.4 Å². The summed E-state index contributed by atoms with van der Waals surface area (Å²) in [5.41, 5.74) is 1.68. The Labute approximate surface area is 177 Å². The molecule has 152 valence electrons. The number of benzene rings is 1. The molecule has 1 saturated heterocycles. The zero-order chi connectivity index (χ0) is 20.2. The Balaban J connectivity index is 1.39. The van der Waals surface area contributed by atoms with Gasteiger partial charge in [0.2, 0.25) is 5.89 Å². The van der Waals surface area contributed by atoms with E-state index in [1.54, 1.807) is 18.0 Å². The van der Waals surface area contributed by atoms with Crippen LogP contribution in [0.1, 0.15) is 29.3 Å². The first-order valence-electron chi connectivity index (χ1n) is 9.45. The summed E-state index contributed by atoms with van der Waals surface area (Å²) >= 11 is 7.56. The minimum Gasteiger partial charge on any atom is -0.380 e. The molecule has 0 saturated carbocycles. The van der Waals surface area contributed by atoms with Gasteiger partial charge in [-0.3, -0.25) is 4.79 Å². The van der Waals surface area contributed by atoms with E-state index in [0.717, 1.165) is 29.9 Å². The maximum atomic E-state index is 12.7. The van der Waals surface area contributed by atoms with Crippen LogP contribution in [-0.2, 0) is 24.1 Å². The number of hydrogen-bond donors (Lipinski definition) is 0. The number of aryl methyl sites for hydroxylation is 2. The second kappa shape index (κ2) is 9.11. The standard InChI is InChI=1S/C20H21ClN4O3S/c1-13-17(29-16-8-9-27-12-16)10-22-25(20(13)26)11-19-23-18(24-28-19)7-4-14-2-5-15(21)6-3-14/h2-3,5-6,10,16H,4,7-9,11-12H2,1H3/t16-/m0/s1. The summed E-state index contributed by atoms with van der Waals surface area (Å²) in [6.45, 7) is 3.47. The van der Waals surface area contributed by atoms with Gasteiger partial charge in [-0.05, 0) is 37.5 Å². The van der Waals surface area contributed by atoms with Gasteiger partial charge in [-0.1, -0.05) is 28.9 Å². The first-order chi connectivity index (χ1) is 14.1. The number of thioether (sulfide) groups is 1. The summed E-state index contributed by atoms with van der Waals surface area (Å²) in [6.07, 6.45) is 4.15. The molecule has 3 aromatic rings. The molecule has 0 spiro atoms. The summed E-state index contributed by atoms with van der Waals surface area (Å²) in [6, 6.07) is 7.68. The Kier molecular flexibility index (Phi) is 6.32. The molecule has 0 bridgehead atoms. The van der Waals surface area contributed by atoms with Gasteiger partial charge in [0, 0.05) is 33.8 Å². The topological polar surface area (TPSA) is 83.0 Å². The lowest BCUT2D eigenvalue weighted by atomic mass is 10.1. The average molecular weight is 433 g/mol. The summed E-state index contributed by atoms with van der Waals surface area (Å²) in [5.74, 6) is 0.975. The maximum absolute atomic E-state index is 12.7. The molecule has 3 heterocycles. The minimum atomic E-state index is -0.144. The normalized spacial score (nSPS) is 16.4. The van der Waals surface area contributed by atoms with Crippen molar-refractivity contribution in [2.75, 3.05) is 13.2 Å². The van der Waals surface area contributed by atoms with Crippen LogP contribution in [0, 0.1) is 6.92 Å². The van der Waals surface area contributed by atoms with E-state index in [1.807, 2.05) is 31.2 Å². The third-order valence-corrected chi connectivity index (χ3v) is 6.39. The lowest BCUT2D eigenvalue weighted by molar-refractivity contribution is 0.199. The quantitative estimate of drug-likeness (QED) is 0.566. The van der Waals surface area contributed by atoms with Crippen molar-refractivity contribution in [3.63, 3.8) is 0 Å². The molecule has 1 atom stereocenters. The van der Waals surface area contributed by atoms with Crippen LogP contribution in [0.25, 0.3) is 0 Å². The van der Waals surface area contributed by atoms with Crippen molar-refractivity contribution < 1.29 is 9.26 Å². The zero-order valence-electron chi connectivity index (χ0n) is 16.0. The van der Waals surface area contributed by atoms with E-state index in [9.17, 15) is 4.79 Å². The molecule has 1 fully saturated rings. The number of halogens is 1. The molecule has 0 aliphatic carbocycles. The molecule has 29 heavy (non-hydrogen) atoms. The molecule has 4 rings (SSSR count). The Morgan fingerprint density at radius 2 is 2.10 bits per heavy atom. The number of nitrogens with zero attached hydrogens (tertiary/aromatic N) is 4. The SMILES string of the molecule is Cc1c(S[C@H]2CCOC2)cnn(Cc2nc(CCc3ccc(Cl)cc3)no2)c1=O. The average Bonchev–Trinajstić information content (AvgIpc) is 3.39. The molecule has 1 aromatic carbocycles. The summed E-state index contributed by atoms with van der Waals surface area (Å²) in [4.78, 5) is 18.0. The molecule has 0 N–H and O–H groups in total. The van der Waals surface area contributed by atoms with Crippen molar-refractivity contribution in [3.05, 3.63) is 68.7 Å². The number of rotatable bonds is 7. The highest BCUT2D eigenvalue weighted by molar-refractivity contribution is 8.00. The van der Waals surface area contributed by atoms with E-state index >= 15 is 0 Å². The van der Waals surface area contributed by atoms with Gasteiger partial charge in [0.25, 0.3) is 5.56 Å². The Morgan fingerprint density at radius 3 is 2.86 bits per heavy atom. The van der Waals surface area contributed by atoms with Gasteiger partial charge < -0.3 is 9.26 Å². The molecule has 0 amide bonds. The molecular weight excluding hydrogens is 412 g/mol. The lowest BCUT2D eigenvalue weighted by Gasteiger charge is -2.10. The van der Waals surface area contributed by atoms with Crippen LogP contribution in [0.4, 0.5) is 0 Å². The van der Waals surface area contributed by atoms with Crippen LogP contribution in [0.3, 0.4) is 0 Å². The van der Waals surface area contributed by atoms with E-state index in [2.05, 4.69) is 15.2 Å². The predicted octanol–water partition coefficient (Wildman–Crippen LogP) is 3.30. The van der Waals surface area contributed by atoms with Crippen LogP contribution in [0.5, 0.6) is 0 Å². The van der Waals surface area contributed by atoms with E-state index < -0.39 is 0 Å². The molecular formula is C20H21ClN4O3S. The van der Waals surface area contributed by atoms with Crippen molar-refractivity contribution in [2.24, 2.45) is 0 Å². The van der Waals surface area contributed by atoms with Crippen LogP contribution in [-0.4, -0.2) is 38.4 Å². The molecule has 1 aliphatic rings. The van der Waals surface area contributed by atoms with Gasteiger partial charge >= 0.3 is 0 Å². The molecule has 2 aromatic heterocycles. The molecule has 7 nitrogen and oxygen atoms in total. The monoisotopic (exact) mass is 432 g/mol. The summed E-state index contributed by atoms with van der Waals surface area (Å²) in [5, 5.41) is 9.39. The zero-order valence-corrected chi connectivity index (χ0v) is 17.6. The Bertz CT molecular complexity index is 1030. The fourth-order valence-electron chi connectivity index (χ4n) is 3.08. The van der Waals surface area contributed by atoms with Crippen LogP contribution >= 0.6 is 23.4 Å². The number of aromatic nitrogens is 4. The van der Waals surface area contributed by atoms with Crippen LogP contribution in [0.2, 0.25) is 5.02 Å². The maximum Gasteiger partial charge on any atom is 0.271 e. The Hall–Kier alpha value is -2.16. The van der Waals surface area contributed by atoms with Gasteiger partial charge in [0.15, 0.2) is 5.82 Å². The first kappa shape index (κ1) is 20.1. The highest BCUT2D eigenvalue weighted by Crippen LogP contribution is 2.29. The minimum absolute atomic E-state index is 0.144. The second-order valence-electron chi connectivity index (χ2n) is 6.93. The summed E-state index contributed by atoms with van der Waals surface area (Å²) in [7, 11) is 0. The second-order valence-corrected chi connectivity index (χ2v) is 8.71. The van der Waals surface area contributed by atoms with E-state index in [1.165, 1.54) is 4.68 Å². The smallest absolute Gasteiger partial charge is 0.271 e. The third-order valence-electron chi connectivity index (χ3n) is 4.77. The number of ether oxygens (including phenoxy) is 1. The van der Waals surface area contributed by atoms with Gasteiger partial charge in [0.05, 0.1) is 12.8 Å². The molecule has 0 unspecified atom stereocenters. The van der Waals surface area contributed by atoms with Crippen molar-refractivity contribution in [3.8, 4) is 0 Å². The van der Waals surface area contributed by atoms with Crippen molar-refractivity contribution in [1.29, 1.82) is 0 Å². The van der Waals surface area contributed by atoms with Crippen molar-refractivity contribution in [1.82, 2.24) is 19.9 Å². The fourth-order valence-corrected chi connectivity index (χ4v) is 4.31. The van der Waals surface area contributed by atoms with E-state index in [4.69, 9.17) is 20.9 Å². The third kappa shape index (κ3) is 5.07. The number of hydrogen-bond acceptors (Lipinski definition) is 7. The van der Waals surface area contributed by atoms with Gasteiger partial charge in [-0.2, -0.15) is 10.1 Å². The van der Waals surface area contributed by atoms with E-state index in [0.29, 0.717) is 40.6 Å². The predicted molar refractivity (Wildman–Crippen MR) is 111 cm³/mol. The lowest BCUT2D eigenvalue weighted by Crippen LogP contribution is -2.26. The fraction of sp³-hybridized carbons (Fsp3) is 0.400. The first-order valence-corrected chi connectivity index (χ1v) is 10.7. The van der Waals surface area contributed by atoms with E-state index in [-0.39, 0.29) is 12.1 Å².